The molecule has 5 nitrogen and oxygen atoms in total. The number of carboxylic acid groups (broad SMARTS) is 1. The van der Waals surface area contributed by atoms with E-state index in [4.69, 9.17) is 0 Å². The van der Waals surface area contributed by atoms with Gasteiger partial charge < -0.3 is 10.4 Å². The smallest absolute Gasteiger partial charge is 0.320 e. The van der Waals surface area contributed by atoms with Crippen molar-refractivity contribution < 1.29 is 14.7 Å². The van der Waals surface area contributed by atoms with Gasteiger partial charge in [0.15, 0.2) is 0 Å². The number of halogens is 1. The van der Waals surface area contributed by atoms with Crippen molar-refractivity contribution in [1.82, 2.24) is 10.2 Å². The molecule has 0 aliphatic heterocycles. The van der Waals surface area contributed by atoms with Gasteiger partial charge in [-0.05, 0) is 30.5 Å². The maximum Gasteiger partial charge on any atom is 0.320 e. The molecule has 1 aromatic carbocycles. The summed E-state index contributed by atoms with van der Waals surface area (Å²) in [4.78, 5) is 24.1. The van der Waals surface area contributed by atoms with Crippen LogP contribution in [0.25, 0.3) is 0 Å². The van der Waals surface area contributed by atoms with Crippen molar-refractivity contribution in [1.29, 1.82) is 0 Å². The van der Waals surface area contributed by atoms with E-state index in [9.17, 15) is 14.7 Å². The monoisotopic (exact) mass is 370 g/mol. The van der Waals surface area contributed by atoms with Crippen molar-refractivity contribution in [2.24, 2.45) is 0 Å². The largest absolute Gasteiger partial charge is 0.480 e. The topological polar surface area (TPSA) is 69.6 Å². The molecule has 0 saturated carbocycles. The van der Waals surface area contributed by atoms with Crippen molar-refractivity contribution in [3.63, 3.8) is 0 Å². The minimum absolute atomic E-state index is 0.108. The third-order valence-electron chi connectivity index (χ3n) is 3.60. The van der Waals surface area contributed by atoms with Gasteiger partial charge in [-0.15, -0.1) is 0 Å². The molecule has 122 valence electrons. The summed E-state index contributed by atoms with van der Waals surface area (Å²) >= 11 is 3.45. The van der Waals surface area contributed by atoms with E-state index in [1.807, 2.05) is 29.2 Å². The molecule has 22 heavy (non-hydrogen) atoms. The molecule has 2 atom stereocenters. The number of amides is 1. The predicted molar refractivity (Wildman–Crippen MR) is 89.9 cm³/mol. The van der Waals surface area contributed by atoms with Crippen LogP contribution in [-0.4, -0.2) is 47.6 Å². The number of carbonyl (C=O) groups excluding carboxylic acids is 1. The normalized spacial score (nSPS) is 13.7. The van der Waals surface area contributed by atoms with E-state index in [-0.39, 0.29) is 11.8 Å². The third kappa shape index (κ3) is 6.15. The highest BCUT2D eigenvalue weighted by atomic mass is 79.9. The van der Waals surface area contributed by atoms with Gasteiger partial charge in [0.2, 0.25) is 5.91 Å². The number of benzene rings is 1. The lowest BCUT2D eigenvalue weighted by Crippen LogP contribution is -2.44. The zero-order chi connectivity index (χ0) is 16.7. The Hall–Kier alpha value is -1.40. The minimum atomic E-state index is -0.857. The number of carboxylic acids is 1. The number of nitrogens with zero attached hydrogens (tertiary/aromatic N) is 1. The first kappa shape index (κ1) is 18.6. The average Bonchev–Trinajstić information content (AvgIpc) is 2.44. The second-order valence-electron chi connectivity index (χ2n) is 5.45. The highest BCUT2D eigenvalue weighted by Crippen LogP contribution is 2.21. The number of rotatable bonds is 8. The SMILES string of the molecule is CC(=O)NCCN(CC(C)c1cccc(Br)c1)C(C)C(=O)O. The lowest BCUT2D eigenvalue weighted by atomic mass is 10.00. The van der Waals surface area contributed by atoms with E-state index in [0.29, 0.717) is 19.6 Å². The van der Waals surface area contributed by atoms with Gasteiger partial charge in [0.1, 0.15) is 6.04 Å². The maximum atomic E-state index is 11.3. The van der Waals surface area contributed by atoms with Crippen LogP contribution in [0.3, 0.4) is 0 Å². The molecule has 0 heterocycles. The third-order valence-corrected chi connectivity index (χ3v) is 4.10. The fraction of sp³-hybridized carbons (Fsp3) is 0.500. The Morgan fingerprint density at radius 3 is 2.59 bits per heavy atom. The fourth-order valence-corrected chi connectivity index (χ4v) is 2.66. The quantitative estimate of drug-likeness (QED) is 0.737. The summed E-state index contributed by atoms with van der Waals surface area (Å²) in [6.45, 7) is 6.76. The average molecular weight is 371 g/mol. The summed E-state index contributed by atoms with van der Waals surface area (Å²) in [7, 11) is 0. The highest BCUT2D eigenvalue weighted by molar-refractivity contribution is 9.10. The Balaban J connectivity index is 2.73. The van der Waals surface area contributed by atoms with Crippen molar-refractivity contribution in [3.05, 3.63) is 34.3 Å². The second kappa shape index (κ2) is 8.90. The fourth-order valence-electron chi connectivity index (χ4n) is 2.25. The number of aliphatic carboxylic acids is 1. The summed E-state index contributed by atoms with van der Waals surface area (Å²) < 4.78 is 1.01. The van der Waals surface area contributed by atoms with E-state index in [0.717, 1.165) is 10.0 Å². The Morgan fingerprint density at radius 2 is 2.05 bits per heavy atom. The van der Waals surface area contributed by atoms with E-state index in [1.54, 1.807) is 6.92 Å². The standard InChI is InChI=1S/C16H23BrN2O3/c1-11(14-5-4-6-15(17)9-14)10-19(12(2)16(21)22)8-7-18-13(3)20/h4-6,9,11-12H,7-8,10H2,1-3H3,(H,18,20)(H,21,22). The van der Waals surface area contributed by atoms with Gasteiger partial charge >= 0.3 is 5.97 Å². The molecule has 0 bridgehead atoms. The van der Waals surface area contributed by atoms with E-state index in [1.165, 1.54) is 6.92 Å². The van der Waals surface area contributed by atoms with Crippen molar-refractivity contribution in [3.8, 4) is 0 Å². The summed E-state index contributed by atoms with van der Waals surface area (Å²) in [6, 6.07) is 7.42. The molecule has 0 aliphatic rings. The van der Waals surface area contributed by atoms with Gasteiger partial charge in [0, 0.05) is 31.0 Å². The zero-order valence-electron chi connectivity index (χ0n) is 13.2. The molecule has 2 unspecified atom stereocenters. The molecule has 6 heteroatoms. The maximum absolute atomic E-state index is 11.3. The first-order chi connectivity index (χ1) is 10.3. The molecular weight excluding hydrogens is 348 g/mol. The zero-order valence-corrected chi connectivity index (χ0v) is 14.8. The van der Waals surface area contributed by atoms with Crippen LogP contribution in [0.1, 0.15) is 32.3 Å². The van der Waals surface area contributed by atoms with E-state index >= 15 is 0 Å². The van der Waals surface area contributed by atoms with Gasteiger partial charge in [0.05, 0.1) is 0 Å². The van der Waals surface area contributed by atoms with Gasteiger partial charge in [-0.2, -0.15) is 0 Å². The summed E-state index contributed by atoms with van der Waals surface area (Å²) in [5, 5.41) is 12.0. The van der Waals surface area contributed by atoms with Gasteiger partial charge in [-0.25, -0.2) is 0 Å². The Labute approximate surface area is 139 Å². The van der Waals surface area contributed by atoms with Crippen LogP contribution < -0.4 is 5.32 Å². The predicted octanol–water partition coefficient (Wildman–Crippen LogP) is 2.46. The van der Waals surface area contributed by atoms with Crippen molar-refractivity contribution >= 4 is 27.8 Å². The Morgan fingerprint density at radius 1 is 1.36 bits per heavy atom. The number of hydrogen-bond acceptors (Lipinski definition) is 3. The molecule has 0 aliphatic carbocycles. The lowest BCUT2D eigenvalue weighted by Gasteiger charge is -2.29. The van der Waals surface area contributed by atoms with Gasteiger partial charge in [0.25, 0.3) is 0 Å². The van der Waals surface area contributed by atoms with E-state index in [2.05, 4.69) is 28.2 Å². The summed E-state index contributed by atoms with van der Waals surface area (Å²) in [5.74, 6) is -0.774. The van der Waals surface area contributed by atoms with Crippen LogP contribution in [0.4, 0.5) is 0 Å². The highest BCUT2D eigenvalue weighted by Gasteiger charge is 2.22. The Bertz CT molecular complexity index is 522. The first-order valence-electron chi connectivity index (χ1n) is 7.28. The van der Waals surface area contributed by atoms with Crippen LogP contribution in [0, 0.1) is 0 Å². The number of nitrogens with one attached hydrogen (secondary N) is 1. The van der Waals surface area contributed by atoms with E-state index < -0.39 is 12.0 Å². The summed E-state index contributed by atoms with van der Waals surface area (Å²) in [5.41, 5.74) is 1.15. The minimum Gasteiger partial charge on any atom is -0.480 e. The second-order valence-corrected chi connectivity index (χ2v) is 6.36. The molecule has 0 radical (unpaired) electrons. The van der Waals surface area contributed by atoms with Crippen LogP contribution in [0.2, 0.25) is 0 Å². The molecule has 0 fully saturated rings. The van der Waals surface area contributed by atoms with Crippen LogP contribution >= 0.6 is 15.9 Å². The molecular formula is C16H23BrN2O3. The summed E-state index contributed by atoms with van der Waals surface area (Å²) in [6.07, 6.45) is 0. The van der Waals surface area contributed by atoms with Gasteiger partial charge in [-0.3, -0.25) is 14.5 Å². The van der Waals surface area contributed by atoms with Crippen molar-refractivity contribution in [2.45, 2.75) is 32.7 Å². The lowest BCUT2D eigenvalue weighted by molar-refractivity contribution is -0.142. The first-order valence-corrected chi connectivity index (χ1v) is 8.07. The molecule has 2 N–H and O–H groups in total. The Kier molecular flexibility index (Phi) is 7.55. The number of hydrogen-bond donors (Lipinski definition) is 2. The van der Waals surface area contributed by atoms with Crippen LogP contribution in [0.5, 0.6) is 0 Å². The molecule has 0 spiro atoms. The number of carbonyl (C=O) groups is 2. The van der Waals surface area contributed by atoms with Crippen LogP contribution in [0.15, 0.2) is 28.7 Å². The molecule has 0 saturated heterocycles. The molecule has 1 aromatic rings. The van der Waals surface area contributed by atoms with Crippen molar-refractivity contribution in [2.75, 3.05) is 19.6 Å². The molecule has 1 amide bonds. The molecule has 0 aromatic heterocycles. The van der Waals surface area contributed by atoms with Gasteiger partial charge in [-0.1, -0.05) is 35.0 Å². The molecule has 1 rings (SSSR count). The van der Waals surface area contributed by atoms with Crippen LogP contribution in [-0.2, 0) is 9.59 Å².